The monoisotopic (exact) mass is 748 g/mol. The van der Waals surface area contributed by atoms with Crippen LogP contribution in [-0.2, 0) is 5.41 Å². The highest BCUT2D eigenvalue weighted by Gasteiger charge is 2.52. The van der Waals surface area contributed by atoms with E-state index in [-0.39, 0.29) is 0 Å². The lowest BCUT2D eigenvalue weighted by Crippen LogP contribution is -2.25. The summed E-state index contributed by atoms with van der Waals surface area (Å²) >= 11 is 0. The number of hydrogen-bond donors (Lipinski definition) is 0. The van der Waals surface area contributed by atoms with Crippen LogP contribution in [0.4, 0.5) is 0 Å². The zero-order chi connectivity index (χ0) is 38.4. The van der Waals surface area contributed by atoms with Crippen LogP contribution in [-0.4, -0.2) is 0 Å². The van der Waals surface area contributed by atoms with Crippen LogP contribution in [0, 0.1) is 0 Å². The van der Waals surface area contributed by atoms with E-state index in [0.717, 1.165) is 44.6 Å². The number of fused-ring (bicyclic) bond motifs is 17. The van der Waals surface area contributed by atoms with Gasteiger partial charge in [-0.25, -0.2) is 0 Å². The first kappa shape index (κ1) is 31.4. The third-order valence-corrected chi connectivity index (χ3v) is 13.5. The summed E-state index contributed by atoms with van der Waals surface area (Å²) in [5.41, 5.74) is 19.0. The van der Waals surface area contributed by atoms with Gasteiger partial charge in [-0.1, -0.05) is 152 Å². The van der Waals surface area contributed by atoms with Crippen LogP contribution < -0.4 is 4.74 Å². The Kier molecular flexibility index (Phi) is 5.99. The molecule has 0 saturated carbocycles. The topological polar surface area (TPSA) is 22.4 Å². The van der Waals surface area contributed by atoms with E-state index in [1.54, 1.807) is 0 Å². The van der Waals surface area contributed by atoms with Crippen molar-refractivity contribution in [2.24, 2.45) is 0 Å². The van der Waals surface area contributed by atoms with E-state index in [9.17, 15) is 0 Å². The summed E-state index contributed by atoms with van der Waals surface area (Å²) in [6.45, 7) is 0. The summed E-state index contributed by atoms with van der Waals surface area (Å²) in [5.74, 6) is 1.81. The fraction of sp³-hybridized carbons (Fsp3) is 0.0175. The Labute approximate surface area is 340 Å². The molecule has 2 nitrogen and oxygen atoms in total. The fourth-order valence-electron chi connectivity index (χ4n) is 11.1. The van der Waals surface area contributed by atoms with Crippen molar-refractivity contribution in [2.75, 3.05) is 0 Å². The highest BCUT2D eigenvalue weighted by Crippen LogP contribution is 2.64. The lowest BCUT2D eigenvalue weighted by molar-refractivity contribution is 0.487. The van der Waals surface area contributed by atoms with Gasteiger partial charge in [0.2, 0.25) is 0 Å². The van der Waals surface area contributed by atoms with Gasteiger partial charge < -0.3 is 9.15 Å². The second-order valence-electron chi connectivity index (χ2n) is 16.3. The van der Waals surface area contributed by atoms with E-state index in [0.29, 0.717) is 0 Å². The quantitative estimate of drug-likeness (QED) is 0.176. The Morgan fingerprint density at radius 2 is 0.932 bits per heavy atom. The van der Waals surface area contributed by atoms with Crippen molar-refractivity contribution < 1.29 is 9.15 Å². The lowest BCUT2D eigenvalue weighted by Gasteiger charge is -2.30. The number of hydrogen-bond acceptors (Lipinski definition) is 2. The molecule has 0 atom stereocenters. The molecule has 14 rings (SSSR count). The maximum absolute atomic E-state index is 6.52. The Bertz CT molecular complexity index is 3610. The minimum atomic E-state index is -0.448. The zero-order valence-corrected chi connectivity index (χ0v) is 31.8. The van der Waals surface area contributed by atoms with Crippen LogP contribution in [0.3, 0.4) is 0 Å². The number of rotatable bonds is 2. The standard InChI is InChI=1S/C57H32O2/c1-4-18-47-39(12-1)40-13-2-5-19-48(40)57(47)49-27-23-34(35-24-29-52-45(30-35)44-16-7-10-33-11-8-21-53(58-52)55(33)44)31-46(49)56-43-17-9-15-37(38(43)26-28-50(56)57)36-22-25-42-41-14-3-6-20-51(41)59-54(42)32-36/h1-32H. The lowest BCUT2D eigenvalue weighted by atomic mass is 9.70. The molecule has 10 aromatic carbocycles. The van der Waals surface area contributed by atoms with Gasteiger partial charge in [-0.05, 0) is 131 Å². The molecule has 1 spiro atoms. The maximum Gasteiger partial charge on any atom is 0.136 e. The molecule has 0 radical (unpaired) electrons. The minimum Gasteiger partial charge on any atom is -0.456 e. The summed E-state index contributed by atoms with van der Waals surface area (Å²) in [7, 11) is 0. The van der Waals surface area contributed by atoms with Crippen LogP contribution in [0.25, 0.3) is 99.1 Å². The van der Waals surface area contributed by atoms with Crippen LogP contribution in [0.1, 0.15) is 22.3 Å². The smallest absolute Gasteiger partial charge is 0.136 e. The van der Waals surface area contributed by atoms with Gasteiger partial charge in [0.15, 0.2) is 0 Å². The molecule has 2 heterocycles. The molecular formula is C57H32O2. The molecule has 0 unspecified atom stereocenters. The van der Waals surface area contributed by atoms with Crippen molar-refractivity contribution in [2.45, 2.75) is 5.41 Å². The number of furan rings is 1. The Morgan fingerprint density at radius 3 is 1.80 bits per heavy atom. The van der Waals surface area contributed by atoms with E-state index in [1.165, 1.54) is 88.3 Å². The van der Waals surface area contributed by atoms with Gasteiger partial charge >= 0.3 is 0 Å². The molecule has 1 aliphatic heterocycles. The van der Waals surface area contributed by atoms with E-state index >= 15 is 0 Å². The van der Waals surface area contributed by atoms with Gasteiger partial charge in [-0.2, -0.15) is 0 Å². The number of para-hydroxylation sites is 1. The normalized spacial score (nSPS) is 13.7. The van der Waals surface area contributed by atoms with Crippen molar-refractivity contribution in [3.63, 3.8) is 0 Å². The molecule has 3 aliphatic rings. The van der Waals surface area contributed by atoms with Gasteiger partial charge in [-0.15, -0.1) is 0 Å². The second kappa shape index (κ2) is 11.2. The number of ether oxygens (including phenoxy) is 1. The Morgan fingerprint density at radius 1 is 0.322 bits per heavy atom. The molecule has 0 saturated heterocycles. The van der Waals surface area contributed by atoms with Crippen molar-refractivity contribution in [1.29, 1.82) is 0 Å². The molecule has 1 aromatic heterocycles. The molecule has 0 N–H and O–H groups in total. The highest BCUT2D eigenvalue weighted by molar-refractivity contribution is 6.12. The zero-order valence-electron chi connectivity index (χ0n) is 31.8. The Hall–Kier alpha value is -7.68. The van der Waals surface area contributed by atoms with E-state index < -0.39 is 5.41 Å². The van der Waals surface area contributed by atoms with Crippen LogP contribution in [0.2, 0.25) is 0 Å². The summed E-state index contributed by atoms with van der Waals surface area (Å²) in [6.07, 6.45) is 0. The Balaban J connectivity index is 1.02. The predicted molar refractivity (Wildman–Crippen MR) is 241 cm³/mol. The van der Waals surface area contributed by atoms with Crippen molar-refractivity contribution in [3.8, 4) is 67.1 Å². The molecule has 272 valence electrons. The highest BCUT2D eigenvalue weighted by atomic mass is 16.5. The molecule has 2 heteroatoms. The molecule has 59 heavy (non-hydrogen) atoms. The van der Waals surface area contributed by atoms with Gasteiger partial charge in [0, 0.05) is 21.7 Å². The van der Waals surface area contributed by atoms with Gasteiger partial charge in [0.1, 0.15) is 22.7 Å². The van der Waals surface area contributed by atoms with Crippen LogP contribution in [0.5, 0.6) is 11.5 Å². The SMILES string of the molecule is c1ccc2c(c1)-c1ccccc1C21c2ccc(-c3ccc4c(c3)-c3cccc5cccc(c35)O4)cc2-c2c1ccc1c(-c3ccc4c(c3)oc3ccccc34)cccc21. The van der Waals surface area contributed by atoms with E-state index in [1.807, 2.05) is 12.1 Å². The van der Waals surface area contributed by atoms with E-state index in [2.05, 4.69) is 182 Å². The van der Waals surface area contributed by atoms with Crippen molar-refractivity contribution >= 4 is 43.5 Å². The third kappa shape index (κ3) is 4.00. The third-order valence-electron chi connectivity index (χ3n) is 13.5. The summed E-state index contributed by atoms with van der Waals surface area (Å²) in [4.78, 5) is 0. The van der Waals surface area contributed by atoms with Gasteiger partial charge in [0.05, 0.1) is 5.41 Å². The second-order valence-corrected chi connectivity index (χ2v) is 16.3. The van der Waals surface area contributed by atoms with Crippen molar-refractivity contribution in [1.82, 2.24) is 0 Å². The average molecular weight is 749 g/mol. The fourth-order valence-corrected chi connectivity index (χ4v) is 11.1. The maximum atomic E-state index is 6.52. The predicted octanol–water partition coefficient (Wildman–Crippen LogP) is 15.3. The van der Waals surface area contributed by atoms with Gasteiger partial charge in [0.25, 0.3) is 0 Å². The van der Waals surface area contributed by atoms with Crippen LogP contribution in [0.15, 0.2) is 199 Å². The summed E-state index contributed by atoms with van der Waals surface area (Å²) < 4.78 is 12.9. The first-order valence-electron chi connectivity index (χ1n) is 20.4. The van der Waals surface area contributed by atoms with Crippen LogP contribution >= 0.6 is 0 Å². The molecule has 2 aliphatic carbocycles. The molecule has 0 bridgehead atoms. The molecule has 0 amide bonds. The largest absolute Gasteiger partial charge is 0.456 e. The minimum absolute atomic E-state index is 0.448. The first-order valence-corrected chi connectivity index (χ1v) is 20.4. The first-order chi connectivity index (χ1) is 29.2. The van der Waals surface area contributed by atoms with Gasteiger partial charge in [-0.3, -0.25) is 0 Å². The van der Waals surface area contributed by atoms with Crippen molar-refractivity contribution in [3.05, 3.63) is 216 Å². The summed E-state index contributed by atoms with van der Waals surface area (Å²) in [5, 5.41) is 7.13. The average Bonchev–Trinajstić information content (AvgIpc) is 3.92. The molecular weight excluding hydrogens is 717 g/mol. The molecule has 11 aromatic rings. The summed E-state index contributed by atoms with van der Waals surface area (Å²) in [6, 6.07) is 71.4. The van der Waals surface area contributed by atoms with E-state index in [4.69, 9.17) is 9.15 Å². The molecule has 0 fully saturated rings. The number of benzene rings is 10.